The highest BCUT2D eigenvalue weighted by Gasteiger charge is 2.28. The maximum Gasteiger partial charge on any atom is 0.401 e. The zero-order valence-electron chi connectivity index (χ0n) is 10.4. The molecule has 8 heteroatoms. The van der Waals surface area contributed by atoms with Crippen molar-refractivity contribution in [3.63, 3.8) is 0 Å². The SMILES string of the molecule is COC(=O)C(NC(=O)CNCC(F)(F)F)C(C)C. The number of hydrogen-bond acceptors (Lipinski definition) is 4. The van der Waals surface area contributed by atoms with E-state index in [4.69, 9.17) is 0 Å². The lowest BCUT2D eigenvalue weighted by atomic mass is 10.0. The van der Waals surface area contributed by atoms with Gasteiger partial charge >= 0.3 is 12.1 Å². The van der Waals surface area contributed by atoms with Crippen LogP contribution >= 0.6 is 0 Å². The van der Waals surface area contributed by atoms with Crippen molar-refractivity contribution >= 4 is 11.9 Å². The lowest BCUT2D eigenvalue weighted by Gasteiger charge is -2.20. The molecular formula is C10H17F3N2O3. The topological polar surface area (TPSA) is 67.4 Å². The molecule has 0 aromatic carbocycles. The first kappa shape index (κ1) is 16.7. The van der Waals surface area contributed by atoms with Crippen LogP contribution in [0.15, 0.2) is 0 Å². The van der Waals surface area contributed by atoms with Crippen LogP contribution in [-0.4, -0.2) is 44.3 Å². The van der Waals surface area contributed by atoms with Gasteiger partial charge in [0.25, 0.3) is 0 Å². The molecular weight excluding hydrogens is 253 g/mol. The highest BCUT2D eigenvalue weighted by Crippen LogP contribution is 2.11. The Morgan fingerprint density at radius 2 is 1.83 bits per heavy atom. The van der Waals surface area contributed by atoms with Crippen molar-refractivity contribution in [2.75, 3.05) is 20.2 Å². The van der Waals surface area contributed by atoms with E-state index < -0.39 is 37.2 Å². The number of nitrogens with one attached hydrogen (secondary N) is 2. The number of rotatable bonds is 6. The number of methoxy groups -OCH3 is 1. The quantitative estimate of drug-likeness (QED) is 0.688. The number of carbonyl (C=O) groups excluding carboxylic acids is 2. The summed E-state index contributed by atoms with van der Waals surface area (Å²) in [6.45, 7) is 1.60. The molecule has 0 radical (unpaired) electrons. The van der Waals surface area contributed by atoms with Gasteiger partial charge in [0.1, 0.15) is 6.04 Å². The molecule has 5 nitrogen and oxygen atoms in total. The summed E-state index contributed by atoms with van der Waals surface area (Å²) in [7, 11) is 1.17. The van der Waals surface area contributed by atoms with Gasteiger partial charge in [0.05, 0.1) is 20.2 Å². The zero-order chi connectivity index (χ0) is 14.3. The molecule has 0 aliphatic carbocycles. The molecule has 0 aliphatic heterocycles. The van der Waals surface area contributed by atoms with Gasteiger partial charge in [-0.15, -0.1) is 0 Å². The van der Waals surface area contributed by atoms with Gasteiger partial charge in [0.2, 0.25) is 5.91 Å². The maximum absolute atomic E-state index is 11.8. The van der Waals surface area contributed by atoms with Crippen molar-refractivity contribution in [2.45, 2.75) is 26.1 Å². The van der Waals surface area contributed by atoms with Gasteiger partial charge in [-0.05, 0) is 5.92 Å². The van der Waals surface area contributed by atoms with E-state index in [2.05, 4.69) is 10.1 Å². The van der Waals surface area contributed by atoms with Crippen molar-refractivity contribution in [3.8, 4) is 0 Å². The first-order chi connectivity index (χ1) is 8.17. The summed E-state index contributed by atoms with van der Waals surface area (Å²) in [5.41, 5.74) is 0. The number of alkyl halides is 3. The molecule has 0 rings (SSSR count). The van der Waals surface area contributed by atoms with Crippen LogP contribution in [0.25, 0.3) is 0 Å². The highest BCUT2D eigenvalue weighted by molar-refractivity contribution is 5.85. The standard InChI is InChI=1S/C10H17F3N2O3/c1-6(2)8(9(17)18-3)15-7(16)4-14-5-10(11,12)13/h6,8,14H,4-5H2,1-3H3,(H,15,16). The molecule has 1 atom stereocenters. The van der Waals surface area contributed by atoms with Crippen molar-refractivity contribution in [1.29, 1.82) is 0 Å². The number of halogens is 3. The van der Waals surface area contributed by atoms with E-state index in [9.17, 15) is 22.8 Å². The first-order valence-corrected chi connectivity index (χ1v) is 5.32. The third-order valence-corrected chi connectivity index (χ3v) is 2.05. The molecule has 1 unspecified atom stereocenters. The van der Waals surface area contributed by atoms with Gasteiger partial charge in [-0.25, -0.2) is 4.79 Å². The minimum absolute atomic E-state index is 0.219. The van der Waals surface area contributed by atoms with Crippen LogP contribution in [0.3, 0.4) is 0 Å². The number of amides is 1. The lowest BCUT2D eigenvalue weighted by Crippen LogP contribution is -2.48. The minimum atomic E-state index is -4.37. The van der Waals surface area contributed by atoms with Crippen molar-refractivity contribution in [3.05, 3.63) is 0 Å². The van der Waals surface area contributed by atoms with Gasteiger partial charge in [-0.2, -0.15) is 13.2 Å². The van der Waals surface area contributed by atoms with Crippen LogP contribution in [0.4, 0.5) is 13.2 Å². The molecule has 0 aromatic rings. The van der Waals surface area contributed by atoms with E-state index in [1.807, 2.05) is 5.32 Å². The molecule has 18 heavy (non-hydrogen) atoms. The van der Waals surface area contributed by atoms with Gasteiger partial charge in [-0.1, -0.05) is 13.8 Å². The first-order valence-electron chi connectivity index (χ1n) is 5.32. The second-order valence-corrected chi connectivity index (χ2v) is 4.03. The summed E-state index contributed by atoms with van der Waals surface area (Å²) in [4.78, 5) is 22.6. The second-order valence-electron chi connectivity index (χ2n) is 4.03. The van der Waals surface area contributed by atoms with Crippen LogP contribution in [0.5, 0.6) is 0 Å². The fraction of sp³-hybridized carbons (Fsp3) is 0.800. The van der Waals surface area contributed by atoms with Crippen LogP contribution in [0, 0.1) is 5.92 Å². The highest BCUT2D eigenvalue weighted by atomic mass is 19.4. The van der Waals surface area contributed by atoms with Gasteiger partial charge < -0.3 is 15.4 Å². The molecule has 0 aromatic heterocycles. The molecule has 0 spiro atoms. The number of carbonyl (C=O) groups is 2. The molecule has 106 valence electrons. The monoisotopic (exact) mass is 270 g/mol. The number of esters is 1. The average Bonchev–Trinajstić information content (AvgIpc) is 2.22. The fourth-order valence-corrected chi connectivity index (χ4v) is 1.17. The smallest absolute Gasteiger partial charge is 0.401 e. The van der Waals surface area contributed by atoms with E-state index in [1.165, 1.54) is 7.11 Å². The van der Waals surface area contributed by atoms with Crippen molar-refractivity contribution in [1.82, 2.24) is 10.6 Å². The Hall–Kier alpha value is -1.31. The Morgan fingerprint density at radius 1 is 1.28 bits per heavy atom. The molecule has 0 bridgehead atoms. The van der Waals surface area contributed by atoms with Crippen molar-refractivity contribution in [2.24, 2.45) is 5.92 Å². The largest absolute Gasteiger partial charge is 0.467 e. The van der Waals surface area contributed by atoms with Crippen LogP contribution in [0.1, 0.15) is 13.8 Å². The Balaban J connectivity index is 4.15. The normalized spacial score (nSPS) is 13.3. The minimum Gasteiger partial charge on any atom is -0.467 e. The fourth-order valence-electron chi connectivity index (χ4n) is 1.17. The Bertz CT molecular complexity index is 293. The van der Waals surface area contributed by atoms with Gasteiger partial charge in [0, 0.05) is 0 Å². The second kappa shape index (κ2) is 7.20. The van der Waals surface area contributed by atoms with E-state index in [0.29, 0.717) is 0 Å². The van der Waals surface area contributed by atoms with Gasteiger partial charge in [0.15, 0.2) is 0 Å². The molecule has 0 saturated carbocycles. The molecule has 1 amide bonds. The Morgan fingerprint density at radius 3 is 2.22 bits per heavy atom. The van der Waals surface area contributed by atoms with E-state index in [0.717, 1.165) is 0 Å². The summed E-state index contributed by atoms with van der Waals surface area (Å²) in [5.74, 6) is -1.54. The average molecular weight is 270 g/mol. The molecule has 0 fully saturated rings. The summed E-state index contributed by atoms with van der Waals surface area (Å²) in [6.07, 6.45) is -4.37. The third-order valence-electron chi connectivity index (χ3n) is 2.05. The predicted octanol–water partition coefficient (Wildman–Crippen LogP) is 0.452. The summed E-state index contributed by atoms with van der Waals surface area (Å²) in [6, 6.07) is -0.866. The number of ether oxygens (including phenoxy) is 1. The summed E-state index contributed by atoms with van der Waals surface area (Å²) < 4.78 is 39.9. The lowest BCUT2D eigenvalue weighted by molar-refractivity contribution is -0.146. The summed E-state index contributed by atoms with van der Waals surface area (Å²) in [5, 5.41) is 4.25. The van der Waals surface area contributed by atoms with Crippen LogP contribution in [-0.2, 0) is 14.3 Å². The van der Waals surface area contributed by atoms with Crippen LogP contribution < -0.4 is 10.6 Å². The van der Waals surface area contributed by atoms with E-state index in [1.54, 1.807) is 13.8 Å². The van der Waals surface area contributed by atoms with Gasteiger partial charge in [-0.3, -0.25) is 4.79 Å². The number of hydrogen-bond donors (Lipinski definition) is 2. The van der Waals surface area contributed by atoms with Crippen molar-refractivity contribution < 1.29 is 27.5 Å². The predicted molar refractivity (Wildman–Crippen MR) is 57.7 cm³/mol. The molecule has 2 N–H and O–H groups in total. The zero-order valence-corrected chi connectivity index (χ0v) is 10.4. The van der Waals surface area contributed by atoms with Crippen LogP contribution in [0.2, 0.25) is 0 Å². The summed E-state index contributed by atoms with van der Waals surface area (Å²) >= 11 is 0. The molecule has 0 saturated heterocycles. The molecule has 0 heterocycles. The molecule has 0 aliphatic rings. The van der Waals surface area contributed by atoms with E-state index in [-0.39, 0.29) is 5.92 Å². The third kappa shape index (κ3) is 7.10. The Kier molecular flexibility index (Phi) is 6.67. The Labute approximate surface area is 103 Å². The maximum atomic E-state index is 11.8. The van der Waals surface area contributed by atoms with E-state index >= 15 is 0 Å².